The van der Waals surface area contributed by atoms with Crippen LogP contribution in [0.5, 0.6) is 0 Å². The van der Waals surface area contributed by atoms with Gasteiger partial charge in [0.1, 0.15) is 0 Å². The molecule has 0 spiro atoms. The Morgan fingerprint density at radius 1 is 1.27 bits per heavy atom. The Hall–Kier alpha value is 1.14. The normalized spacial score (nSPS) is 10.5. The molecule has 0 unspecified atom stereocenters. The Morgan fingerprint density at radius 3 is 2.36 bits per heavy atom. The predicted octanol–water partition coefficient (Wildman–Crippen LogP) is 2.36. The van der Waals surface area contributed by atoms with Crippen LogP contribution >= 0.6 is 0 Å². The van der Waals surface area contributed by atoms with Crippen molar-refractivity contribution in [3.05, 3.63) is 12.2 Å². The van der Waals surface area contributed by atoms with Crippen molar-refractivity contribution >= 4 is 0 Å². The van der Waals surface area contributed by atoms with E-state index >= 15 is 0 Å². The van der Waals surface area contributed by atoms with Crippen molar-refractivity contribution < 1.29 is 49.2 Å². The fourth-order valence-corrected chi connectivity index (χ4v) is 0.742. The summed E-state index contributed by atoms with van der Waals surface area (Å²) in [5.74, 6) is 0.661. The zero-order valence-electron chi connectivity index (χ0n) is 7.59. The van der Waals surface area contributed by atoms with Gasteiger partial charge in [0.25, 0.3) is 0 Å². The Bertz CT molecular complexity index is 89.6. The predicted molar refractivity (Wildman–Crippen MR) is 44.9 cm³/mol. The fraction of sp³-hybridized carbons (Fsp3) is 0.778. The Balaban J connectivity index is 0. The van der Waals surface area contributed by atoms with Gasteiger partial charge in [-0.1, -0.05) is 26.0 Å². The van der Waals surface area contributed by atoms with Crippen LogP contribution < -0.4 is 0 Å². The minimum atomic E-state index is 0. The fourth-order valence-electron chi connectivity index (χ4n) is 0.742. The number of allylic oxidation sites excluding steroid dienone is 2. The third-order valence-corrected chi connectivity index (χ3v) is 1.30. The van der Waals surface area contributed by atoms with Gasteiger partial charge in [-0.25, -0.2) is 0 Å². The molecule has 63 valence electrons. The van der Waals surface area contributed by atoms with Crippen molar-refractivity contribution in [3.8, 4) is 0 Å². The molecule has 0 aromatic rings. The summed E-state index contributed by atoms with van der Waals surface area (Å²) in [6.45, 7) is 4.67. The van der Waals surface area contributed by atoms with E-state index in [1.54, 1.807) is 0 Å². The van der Waals surface area contributed by atoms with Crippen molar-refractivity contribution in [2.24, 2.45) is 5.92 Å². The van der Waals surface area contributed by atoms with Gasteiger partial charge in [0.05, 0.1) is 0 Å². The molecule has 0 aliphatic carbocycles. The standard InChI is InChI=1S/C9H18O.Ac/c1-9(2)7-5-3-4-6-8-10;/h5,7,9-10H,3-4,6,8H2,1-2H3;. The second kappa shape index (κ2) is 11.1. The minimum absolute atomic E-state index is 0. The smallest absolute Gasteiger partial charge is 0.0431 e. The molecule has 0 bridgehead atoms. The Labute approximate surface area is 106 Å². The van der Waals surface area contributed by atoms with Gasteiger partial charge in [0.2, 0.25) is 0 Å². The molecular weight excluding hydrogens is 351 g/mol. The van der Waals surface area contributed by atoms with Gasteiger partial charge in [0, 0.05) is 50.7 Å². The number of hydrogen-bond donors (Lipinski definition) is 1. The molecule has 1 radical (unpaired) electrons. The number of rotatable bonds is 5. The zero-order chi connectivity index (χ0) is 7.82. The van der Waals surface area contributed by atoms with E-state index in [0.717, 1.165) is 19.3 Å². The van der Waals surface area contributed by atoms with E-state index < -0.39 is 0 Å². The van der Waals surface area contributed by atoms with Crippen molar-refractivity contribution in [3.63, 3.8) is 0 Å². The van der Waals surface area contributed by atoms with Crippen LogP contribution in [0.2, 0.25) is 0 Å². The monoisotopic (exact) mass is 369 g/mol. The molecule has 0 aliphatic rings. The Morgan fingerprint density at radius 2 is 1.91 bits per heavy atom. The first kappa shape index (κ1) is 14.7. The second-order valence-corrected chi connectivity index (χ2v) is 2.89. The summed E-state index contributed by atoms with van der Waals surface area (Å²) in [6, 6.07) is 0. The molecular formula is C9H18AcO. The van der Waals surface area contributed by atoms with Crippen molar-refractivity contribution in [2.45, 2.75) is 33.1 Å². The van der Waals surface area contributed by atoms with E-state index in [9.17, 15) is 0 Å². The van der Waals surface area contributed by atoms with E-state index in [1.807, 2.05) is 0 Å². The summed E-state index contributed by atoms with van der Waals surface area (Å²) in [7, 11) is 0. The molecule has 0 saturated carbocycles. The number of aliphatic hydroxyl groups is 1. The van der Waals surface area contributed by atoms with E-state index in [4.69, 9.17) is 5.11 Å². The molecule has 0 saturated heterocycles. The summed E-state index contributed by atoms with van der Waals surface area (Å²) >= 11 is 0. The topological polar surface area (TPSA) is 20.2 Å². The van der Waals surface area contributed by atoms with Crippen LogP contribution in [0.4, 0.5) is 0 Å². The van der Waals surface area contributed by atoms with Crippen molar-refractivity contribution in [1.29, 1.82) is 0 Å². The van der Waals surface area contributed by atoms with Crippen LogP contribution in [0.15, 0.2) is 12.2 Å². The molecule has 0 heterocycles. The van der Waals surface area contributed by atoms with Gasteiger partial charge >= 0.3 is 0 Å². The second-order valence-electron chi connectivity index (χ2n) is 2.89. The first-order chi connectivity index (χ1) is 4.77. The van der Waals surface area contributed by atoms with Crippen LogP contribution in [0.1, 0.15) is 33.1 Å². The molecule has 1 N–H and O–H groups in total. The number of hydrogen-bond acceptors (Lipinski definition) is 1. The largest absolute Gasteiger partial charge is 0.396 e. The van der Waals surface area contributed by atoms with E-state index in [2.05, 4.69) is 26.0 Å². The summed E-state index contributed by atoms with van der Waals surface area (Å²) in [5.41, 5.74) is 0. The van der Waals surface area contributed by atoms with E-state index in [0.29, 0.717) is 12.5 Å². The van der Waals surface area contributed by atoms with Crippen molar-refractivity contribution in [2.75, 3.05) is 6.61 Å². The molecule has 0 fully saturated rings. The first-order valence-corrected chi connectivity index (χ1v) is 4.05. The summed E-state index contributed by atoms with van der Waals surface area (Å²) < 4.78 is 0. The molecule has 0 rings (SSSR count). The van der Waals surface area contributed by atoms with Crippen LogP contribution in [0.25, 0.3) is 0 Å². The first-order valence-electron chi connectivity index (χ1n) is 4.05. The molecule has 0 amide bonds. The Kier molecular flexibility index (Phi) is 14.8. The minimum Gasteiger partial charge on any atom is -0.396 e. The third-order valence-electron chi connectivity index (χ3n) is 1.30. The van der Waals surface area contributed by atoms with Crippen LogP contribution in [0.3, 0.4) is 0 Å². The van der Waals surface area contributed by atoms with Gasteiger partial charge in [-0.15, -0.1) is 0 Å². The zero-order valence-corrected chi connectivity index (χ0v) is 12.3. The van der Waals surface area contributed by atoms with Gasteiger partial charge in [-0.2, -0.15) is 0 Å². The summed E-state index contributed by atoms with van der Waals surface area (Å²) in [5, 5.41) is 8.45. The molecule has 0 aromatic heterocycles. The maximum Gasteiger partial charge on any atom is 0.0431 e. The third kappa shape index (κ3) is 14.0. The molecule has 11 heavy (non-hydrogen) atoms. The quantitative estimate of drug-likeness (QED) is 0.583. The van der Waals surface area contributed by atoms with Crippen LogP contribution in [-0.4, -0.2) is 11.7 Å². The molecule has 2 heteroatoms. The van der Waals surface area contributed by atoms with Gasteiger partial charge in [-0.05, 0) is 25.2 Å². The van der Waals surface area contributed by atoms with Gasteiger partial charge < -0.3 is 5.11 Å². The van der Waals surface area contributed by atoms with Crippen LogP contribution in [-0.2, 0) is 0 Å². The number of aliphatic hydroxyl groups excluding tert-OH is 1. The summed E-state index contributed by atoms with van der Waals surface area (Å²) in [4.78, 5) is 0. The van der Waals surface area contributed by atoms with Crippen LogP contribution in [0, 0.1) is 50.0 Å². The SMILES string of the molecule is CC(C)C=CCCCCO.[Ac]. The maximum atomic E-state index is 8.45. The number of unbranched alkanes of at least 4 members (excludes halogenated alkanes) is 2. The average molecular weight is 369 g/mol. The average Bonchev–Trinajstić information content (AvgIpc) is 1.87. The van der Waals surface area contributed by atoms with Gasteiger partial charge in [-0.3, -0.25) is 0 Å². The van der Waals surface area contributed by atoms with Gasteiger partial charge in [0.15, 0.2) is 0 Å². The summed E-state index contributed by atoms with van der Waals surface area (Å²) in [6.07, 6.45) is 7.55. The molecule has 0 atom stereocenters. The molecule has 0 aromatic carbocycles. The van der Waals surface area contributed by atoms with E-state index in [1.165, 1.54) is 0 Å². The van der Waals surface area contributed by atoms with E-state index in [-0.39, 0.29) is 44.1 Å². The molecule has 1 nitrogen and oxygen atoms in total. The maximum absolute atomic E-state index is 8.45. The van der Waals surface area contributed by atoms with Crippen molar-refractivity contribution in [1.82, 2.24) is 0 Å². The molecule has 0 aliphatic heterocycles.